The maximum Gasteiger partial charge on any atom is 0.340 e. The average Bonchev–Trinajstić information content (AvgIpc) is 3.63. The van der Waals surface area contributed by atoms with Gasteiger partial charge in [-0.05, 0) is 78.9 Å². The first-order chi connectivity index (χ1) is 17.7. The molecule has 5 rings (SSSR count). The Morgan fingerprint density at radius 3 is 2.24 bits per heavy atom. The topological polar surface area (TPSA) is 120 Å². The highest BCUT2D eigenvalue weighted by atomic mass is 32.2. The van der Waals surface area contributed by atoms with E-state index in [0.29, 0.717) is 22.3 Å². The lowest BCUT2D eigenvalue weighted by atomic mass is 10.0. The Bertz CT molecular complexity index is 1580. The van der Waals surface area contributed by atoms with E-state index in [0.717, 1.165) is 34.7 Å². The van der Waals surface area contributed by atoms with Crippen molar-refractivity contribution in [2.45, 2.75) is 18.8 Å². The summed E-state index contributed by atoms with van der Waals surface area (Å²) in [6, 6.07) is 16.1. The summed E-state index contributed by atoms with van der Waals surface area (Å²) in [7, 11) is -3.69. The molecule has 10 heteroatoms. The van der Waals surface area contributed by atoms with Crippen LogP contribution in [0.2, 0.25) is 0 Å². The summed E-state index contributed by atoms with van der Waals surface area (Å²) in [6.45, 7) is -0.483. The number of halogens is 1. The van der Waals surface area contributed by atoms with E-state index in [-0.39, 0.29) is 41.8 Å². The summed E-state index contributed by atoms with van der Waals surface area (Å²) in [6.07, 6.45) is 2.80. The molecule has 0 unspecified atom stereocenters. The van der Waals surface area contributed by atoms with Gasteiger partial charge in [-0.1, -0.05) is 0 Å². The fourth-order valence-electron chi connectivity index (χ4n) is 4.46. The van der Waals surface area contributed by atoms with E-state index in [4.69, 9.17) is 4.42 Å². The van der Waals surface area contributed by atoms with E-state index >= 15 is 0 Å². The molecular formula is C27H25FN2O6S. The number of rotatable bonds is 9. The summed E-state index contributed by atoms with van der Waals surface area (Å²) in [4.78, 5) is 12.3. The smallest absolute Gasteiger partial charge is 0.340 e. The minimum absolute atomic E-state index is 0.00393. The fourth-order valence-corrected chi connectivity index (χ4v) is 5.39. The number of carbonyl (C=O) groups is 1. The molecule has 1 aliphatic rings. The van der Waals surface area contributed by atoms with Crippen molar-refractivity contribution in [2.24, 2.45) is 0 Å². The van der Waals surface area contributed by atoms with E-state index in [2.05, 4.69) is 5.32 Å². The van der Waals surface area contributed by atoms with Crippen molar-refractivity contribution in [3.8, 4) is 11.3 Å². The molecule has 1 aliphatic carbocycles. The van der Waals surface area contributed by atoms with E-state index in [1.807, 2.05) is 0 Å². The third-order valence-corrected chi connectivity index (χ3v) is 7.50. The molecule has 192 valence electrons. The van der Waals surface area contributed by atoms with Gasteiger partial charge in [0.1, 0.15) is 22.7 Å². The molecular weight excluding hydrogens is 499 g/mol. The number of carboxylic acids is 1. The van der Waals surface area contributed by atoms with Crippen LogP contribution in [0.25, 0.3) is 22.3 Å². The Morgan fingerprint density at radius 2 is 1.70 bits per heavy atom. The second-order valence-electron chi connectivity index (χ2n) is 9.06. The van der Waals surface area contributed by atoms with E-state index in [9.17, 15) is 27.8 Å². The van der Waals surface area contributed by atoms with Crippen molar-refractivity contribution in [3.63, 3.8) is 0 Å². The zero-order chi connectivity index (χ0) is 26.3. The van der Waals surface area contributed by atoms with Crippen molar-refractivity contribution in [2.75, 3.05) is 29.0 Å². The number of aliphatic hydroxyl groups excluding tert-OH is 1. The van der Waals surface area contributed by atoms with Crippen LogP contribution in [0.1, 0.15) is 34.7 Å². The lowest BCUT2D eigenvalue weighted by molar-refractivity contribution is 0.0699. The number of aromatic carboxylic acids is 1. The molecule has 8 nitrogen and oxygen atoms in total. The highest BCUT2D eigenvalue weighted by Gasteiger charge is 2.33. The first kappa shape index (κ1) is 24.8. The Kier molecular flexibility index (Phi) is 6.38. The van der Waals surface area contributed by atoms with Gasteiger partial charge in [0, 0.05) is 28.4 Å². The number of carboxylic acid groups (broad SMARTS) is 1. The first-order valence-corrected chi connectivity index (χ1v) is 13.6. The highest BCUT2D eigenvalue weighted by molar-refractivity contribution is 7.92. The molecule has 1 fully saturated rings. The number of furan rings is 1. The number of benzene rings is 3. The molecule has 0 spiro atoms. The number of anilines is 3. The standard InChI is InChI=1S/C27H25FN2O6S/c1-37(34,35)30(12-13-31)23-15-24-22(14-21(23)16-2-3-16)25(27(32)33)26(36-24)17-4-8-19(9-5-17)29-20-10-6-18(28)7-11-20/h4-11,14-16,29,31H,2-3,12-13H2,1H3,(H,32,33). The second kappa shape index (κ2) is 9.53. The maximum absolute atomic E-state index is 13.2. The van der Waals surface area contributed by atoms with Gasteiger partial charge >= 0.3 is 5.97 Å². The molecule has 0 aliphatic heterocycles. The summed E-state index contributed by atoms with van der Waals surface area (Å²) in [5, 5.41) is 23.1. The molecule has 37 heavy (non-hydrogen) atoms. The number of hydrogen-bond donors (Lipinski definition) is 3. The Morgan fingerprint density at radius 1 is 1.08 bits per heavy atom. The molecule has 0 atom stereocenters. The van der Waals surface area contributed by atoms with Gasteiger partial charge in [0.15, 0.2) is 0 Å². The van der Waals surface area contributed by atoms with Crippen LogP contribution in [0.3, 0.4) is 0 Å². The summed E-state index contributed by atoms with van der Waals surface area (Å²) < 4.78 is 45.3. The third kappa shape index (κ3) is 5.03. The van der Waals surface area contributed by atoms with Crippen molar-refractivity contribution >= 4 is 44.0 Å². The lowest BCUT2D eigenvalue weighted by Crippen LogP contribution is -2.33. The second-order valence-corrected chi connectivity index (χ2v) is 11.0. The minimum atomic E-state index is -3.69. The van der Waals surface area contributed by atoms with Crippen LogP contribution < -0.4 is 9.62 Å². The summed E-state index contributed by atoms with van der Waals surface area (Å²) >= 11 is 0. The fraction of sp³-hybridized carbons (Fsp3) is 0.222. The van der Waals surface area contributed by atoms with E-state index in [1.54, 1.807) is 48.5 Å². The van der Waals surface area contributed by atoms with Crippen LogP contribution in [0.4, 0.5) is 21.5 Å². The lowest BCUT2D eigenvalue weighted by Gasteiger charge is -2.24. The predicted octanol–water partition coefficient (Wildman–Crippen LogP) is 5.32. The summed E-state index contributed by atoms with van der Waals surface area (Å²) in [5.74, 6) is -1.23. The van der Waals surface area contributed by atoms with Crippen LogP contribution in [0, 0.1) is 5.82 Å². The largest absolute Gasteiger partial charge is 0.478 e. The van der Waals surface area contributed by atoms with Crippen molar-refractivity contribution in [1.82, 2.24) is 0 Å². The molecule has 0 amide bonds. The molecule has 4 aromatic rings. The SMILES string of the molecule is CS(=O)(=O)N(CCO)c1cc2oc(-c3ccc(Nc4ccc(F)cc4)cc3)c(C(=O)O)c2cc1C1CC1. The van der Waals surface area contributed by atoms with E-state index < -0.39 is 16.0 Å². The molecule has 0 bridgehead atoms. The van der Waals surface area contributed by atoms with Gasteiger partial charge in [-0.15, -0.1) is 0 Å². The number of sulfonamides is 1. The highest BCUT2D eigenvalue weighted by Crippen LogP contribution is 2.48. The van der Waals surface area contributed by atoms with E-state index in [1.165, 1.54) is 12.1 Å². The molecule has 1 saturated carbocycles. The number of nitrogens with zero attached hydrogens (tertiary/aromatic N) is 1. The minimum Gasteiger partial charge on any atom is -0.478 e. The van der Waals surface area contributed by atoms with Crippen LogP contribution in [0.5, 0.6) is 0 Å². The first-order valence-electron chi connectivity index (χ1n) is 11.7. The predicted molar refractivity (Wildman–Crippen MR) is 140 cm³/mol. The Balaban J connectivity index is 1.59. The molecule has 3 N–H and O–H groups in total. The zero-order valence-corrected chi connectivity index (χ0v) is 20.8. The molecule has 0 saturated heterocycles. The van der Waals surface area contributed by atoms with Crippen LogP contribution in [0.15, 0.2) is 65.1 Å². The van der Waals surface area contributed by atoms with Gasteiger partial charge in [0.05, 0.1) is 25.1 Å². The van der Waals surface area contributed by atoms with Crippen LogP contribution in [-0.2, 0) is 10.0 Å². The average molecular weight is 525 g/mol. The molecule has 1 aromatic heterocycles. The number of nitrogens with one attached hydrogen (secondary N) is 1. The number of fused-ring (bicyclic) bond motifs is 1. The van der Waals surface area contributed by atoms with Gasteiger partial charge in [-0.2, -0.15) is 0 Å². The number of hydrogen-bond acceptors (Lipinski definition) is 6. The van der Waals surface area contributed by atoms with Gasteiger partial charge in [0.2, 0.25) is 10.0 Å². The Hall–Kier alpha value is -3.89. The monoisotopic (exact) mass is 524 g/mol. The molecule has 0 radical (unpaired) electrons. The maximum atomic E-state index is 13.2. The van der Waals surface area contributed by atoms with Gasteiger partial charge < -0.3 is 19.9 Å². The van der Waals surface area contributed by atoms with Crippen molar-refractivity contribution in [3.05, 3.63) is 77.6 Å². The van der Waals surface area contributed by atoms with Crippen molar-refractivity contribution in [1.29, 1.82) is 0 Å². The van der Waals surface area contributed by atoms with Crippen LogP contribution >= 0.6 is 0 Å². The Labute approximate surface area is 213 Å². The quantitative estimate of drug-likeness (QED) is 0.271. The normalized spacial score (nSPS) is 13.6. The molecule has 1 heterocycles. The number of aliphatic hydroxyl groups is 1. The zero-order valence-electron chi connectivity index (χ0n) is 19.9. The van der Waals surface area contributed by atoms with Gasteiger partial charge in [-0.3, -0.25) is 4.31 Å². The third-order valence-electron chi connectivity index (χ3n) is 6.32. The van der Waals surface area contributed by atoms with Crippen LogP contribution in [-0.4, -0.2) is 44.0 Å². The molecule has 3 aromatic carbocycles. The van der Waals surface area contributed by atoms with Gasteiger partial charge in [0.25, 0.3) is 0 Å². The van der Waals surface area contributed by atoms with Gasteiger partial charge in [-0.25, -0.2) is 17.6 Å². The van der Waals surface area contributed by atoms with Crippen molar-refractivity contribution < 1.29 is 32.2 Å². The summed E-state index contributed by atoms with van der Waals surface area (Å²) in [5.41, 5.74) is 3.30.